The van der Waals surface area contributed by atoms with E-state index < -0.39 is 0 Å². The molecular weight excluding hydrogens is 312 g/mol. The van der Waals surface area contributed by atoms with Crippen molar-refractivity contribution in [2.24, 2.45) is 5.92 Å². The van der Waals surface area contributed by atoms with E-state index in [-0.39, 0.29) is 30.5 Å². The van der Waals surface area contributed by atoms with Gasteiger partial charge in [-0.1, -0.05) is 12.1 Å². The van der Waals surface area contributed by atoms with E-state index in [4.69, 9.17) is 4.74 Å². The number of nitrogens with one attached hydrogen (secondary N) is 2. The number of benzene rings is 1. The summed E-state index contributed by atoms with van der Waals surface area (Å²) in [6, 6.07) is 7.99. The second-order valence-electron chi connectivity index (χ2n) is 6.42. The van der Waals surface area contributed by atoms with Gasteiger partial charge in [-0.25, -0.2) is 0 Å². The van der Waals surface area contributed by atoms with E-state index >= 15 is 0 Å². The molecule has 0 spiro atoms. The Balaban J connectivity index is 0.00000264. The molecule has 0 radical (unpaired) electrons. The van der Waals surface area contributed by atoms with Crippen molar-refractivity contribution in [1.82, 2.24) is 10.6 Å². The molecule has 1 amide bonds. The van der Waals surface area contributed by atoms with Gasteiger partial charge in [0.05, 0.1) is 12.1 Å². The summed E-state index contributed by atoms with van der Waals surface area (Å²) in [5.74, 6) is 1.67. The van der Waals surface area contributed by atoms with Crippen LogP contribution in [0.3, 0.4) is 0 Å². The first kappa shape index (κ1) is 19.8. The second kappa shape index (κ2) is 9.78. The summed E-state index contributed by atoms with van der Waals surface area (Å²) in [4.78, 5) is 12.0. The van der Waals surface area contributed by atoms with E-state index in [1.807, 2.05) is 45.0 Å². The number of carbonyl (C=O) groups excluding carboxylic acids is 1. The molecule has 1 aromatic carbocycles. The summed E-state index contributed by atoms with van der Waals surface area (Å²) in [6.45, 7) is 8.19. The highest BCUT2D eigenvalue weighted by molar-refractivity contribution is 5.85. The molecule has 0 saturated carbocycles. The van der Waals surface area contributed by atoms with Gasteiger partial charge in [-0.15, -0.1) is 12.4 Å². The van der Waals surface area contributed by atoms with Gasteiger partial charge < -0.3 is 15.4 Å². The topological polar surface area (TPSA) is 50.4 Å². The molecule has 1 fully saturated rings. The predicted octanol–water partition coefficient (Wildman–Crippen LogP) is 3.46. The minimum Gasteiger partial charge on any atom is -0.491 e. The molecule has 2 N–H and O–H groups in total. The predicted molar refractivity (Wildman–Crippen MR) is 96.2 cm³/mol. The molecule has 130 valence electrons. The number of hydrogen-bond acceptors (Lipinski definition) is 3. The lowest BCUT2D eigenvalue weighted by atomic mass is 10.0. The Morgan fingerprint density at radius 3 is 2.57 bits per heavy atom. The fourth-order valence-corrected chi connectivity index (χ4v) is 2.80. The summed E-state index contributed by atoms with van der Waals surface area (Å²) in [5, 5.41) is 6.42. The van der Waals surface area contributed by atoms with Gasteiger partial charge in [0.25, 0.3) is 0 Å². The fraction of sp³-hybridized carbons (Fsp3) is 0.611. The van der Waals surface area contributed by atoms with Crippen LogP contribution in [0.25, 0.3) is 0 Å². The Bertz CT molecular complexity index is 470. The van der Waals surface area contributed by atoms with E-state index in [0.717, 1.165) is 30.8 Å². The minimum atomic E-state index is 0. The van der Waals surface area contributed by atoms with Crippen LogP contribution in [0.2, 0.25) is 0 Å². The molecule has 0 bridgehead atoms. The summed E-state index contributed by atoms with van der Waals surface area (Å²) < 4.78 is 5.63. The van der Waals surface area contributed by atoms with Crippen LogP contribution in [-0.2, 0) is 4.79 Å². The van der Waals surface area contributed by atoms with Crippen LogP contribution in [0.5, 0.6) is 5.75 Å². The van der Waals surface area contributed by atoms with Gasteiger partial charge in [0.2, 0.25) is 5.91 Å². The lowest BCUT2D eigenvalue weighted by Crippen LogP contribution is -2.27. The average molecular weight is 341 g/mol. The number of amides is 1. The van der Waals surface area contributed by atoms with Crippen molar-refractivity contribution < 1.29 is 9.53 Å². The lowest BCUT2D eigenvalue weighted by Gasteiger charge is -2.16. The van der Waals surface area contributed by atoms with Crippen LogP contribution < -0.4 is 15.4 Å². The van der Waals surface area contributed by atoms with Gasteiger partial charge in [0.15, 0.2) is 0 Å². The quantitative estimate of drug-likeness (QED) is 0.799. The monoisotopic (exact) mass is 340 g/mol. The maximum Gasteiger partial charge on any atom is 0.220 e. The lowest BCUT2D eigenvalue weighted by molar-refractivity contribution is -0.122. The molecule has 5 heteroatoms. The SMILES string of the molecule is CC(C)Oc1ccc(C(C)NC(=O)CCC2CCNC2)cc1.Cl. The van der Waals surface area contributed by atoms with Gasteiger partial charge in [0.1, 0.15) is 5.75 Å². The average Bonchev–Trinajstić information content (AvgIpc) is 2.98. The first-order chi connectivity index (χ1) is 10.5. The van der Waals surface area contributed by atoms with Gasteiger partial charge in [-0.2, -0.15) is 0 Å². The molecule has 2 unspecified atom stereocenters. The molecule has 1 aromatic rings. The molecule has 0 aromatic heterocycles. The second-order valence-corrected chi connectivity index (χ2v) is 6.42. The third kappa shape index (κ3) is 6.80. The van der Waals surface area contributed by atoms with Crippen molar-refractivity contribution in [3.8, 4) is 5.75 Å². The summed E-state index contributed by atoms with van der Waals surface area (Å²) in [6.07, 6.45) is 2.96. The maximum atomic E-state index is 12.0. The largest absolute Gasteiger partial charge is 0.491 e. The Morgan fingerprint density at radius 2 is 2.00 bits per heavy atom. The third-order valence-electron chi connectivity index (χ3n) is 4.07. The van der Waals surface area contributed by atoms with E-state index in [1.54, 1.807) is 0 Å². The standard InChI is InChI=1S/C18H28N2O2.ClH/c1-13(2)22-17-7-5-16(6-8-17)14(3)20-18(21)9-4-15-10-11-19-12-15;/h5-8,13-15,19H,4,9-12H2,1-3H3,(H,20,21);1H. The molecule has 23 heavy (non-hydrogen) atoms. The zero-order valence-electron chi connectivity index (χ0n) is 14.3. The normalized spacial score (nSPS) is 18.3. The van der Waals surface area contributed by atoms with Crippen molar-refractivity contribution in [3.05, 3.63) is 29.8 Å². The van der Waals surface area contributed by atoms with Crippen LogP contribution in [0.1, 0.15) is 51.6 Å². The number of ether oxygens (including phenoxy) is 1. The number of rotatable bonds is 7. The Kier molecular flexibility index (Phi) is 8.42. The zero-order chi connectivity index (χ0) is 15.9. The maximum absolute atomic E-state index is 12.0. The van der Waals surface area contributed by atoms with Crippen LogP contribution in [0.4, 0.5) is 0 Å². The highest BCUT2D eigenvalue weighted by Gasteiger charge is 2.16. The summed E-state index contributed by atoms with van der Waals surface area (Å²) in [5.41, 5.74) is 1.10. The van der Waals surface area contributed by atoms with E-state index in [0.29, 0.717) is 12.3 Å². The van der Waals surface area contributed by atoms with Crippen LogP contribution in [0.15, 0.2) is 24.3 Å². The van der Waals surface area contributed by atoms with E-state index in [1.165, 1.54) is 6.42 Å². The highest BCUT2D eigenvalue weighted by atomic mass is 35.5. The smallest absolute Gasteiger partial charge is 0.220 e. The Labute approximate surface area is 145 Å². The minimum absolute atomic E-state index is 0. The summed E-state index contributed by atoms with van der Waals surface area (Å²) in [7, 11) is 0. The van der Waals surface area contributed by atoms with E-state index in [2.05, 4.69) is 10.6 Å². The molecule has 1 saturated heterocycles. The van der Waals surface area contributed by atoms with Crippen LogP contribution >= 0.6 is 12.4 Å². The molecule has 1 aliphatic rings. The zero-order valence-corrected chi connectivity index (χ0v) is 15.1. The first-order valence-electron chi connectivity index (χ1n) is 8.31. The number of hydrogen-bond donors (Lipinski definition) is 2. The van der Waals surface area contributed by atoms with Crippen molar-refractivity contribution in [1.29, 1.82) is 0 Å². The molecular formula is C18H29ClN2O2. The van der Waals surface area contributed by atoms with E-state index in [9.17, 15) is 4.79 Å². The summed E-state index contributed by atoms with van der Waals surface area (Å²) >= 11 is 0. The fourth-order valence-electron chi connectivity index (χ4n) is 2.80. The molecule has 2 rings (SSSR count). The van der Waals surface area contributed by atoms with Gasteiger partial charge >= 0.3 is 0 Å². The number of halogens is 1. The molecule has 1 heterocycles. The molecule has 4 nitrogen and oxygen atoms in total. The van der Waals surface area contributed by atoms with Gasteiger partial charge in [-0.3, -0.25) is 4.79 Å². The molecule has 1 aliphatic heterocycles. The number of carbonyl (C=O) groups is 1. The van der Waals surface area contributed by atoms with Gasteiger partial charge in [0, 0.05) is 6.42 Å². The van der Waals surface area contributed by atoms with Crippen LogP contribution in [-0.4, -0.2) is 25.1 Å². The molecule has 0 aliphatic carbocycles. The van der Waals surface area contributed by atoms with Crippen molar-refractivity contribution in [2.75, 3.05) is 13.1 Å². The van der Waals surface area contributed by atoms with Crippen LogP contribution in [0, 0.1) is 5.92 Å². The third-order valence-corrected chi connectivity index (χ3v) is 4.07. The Morgan fingerprint density at radius 1 is 1.30 bits per heavy atom. The Hall–Kier alpha value is -1.26. The van der Waals surface area contributed by atoms with Crippen molar-refractivity contribution in [3.63, 3.8) is 0 Å². The first-order valence-corrected chi connectivity index (χ1v) is 8.31. The highest BCUT2D eigenvalue weighted by Crippen LogP contribution is 2.19. The van der Waals surface area contributed by atoms with Crippen molar-refractivity contribution >= 4 is 18.3 Å². The van der Waals surface area contributed by atoms with Gasteiger partial charge in [-0.05, 0) is 70.3 Å². The van der Waals surface area contributed by atoms with Crippen molar-refractivity contribution in [2.45, 2.75) is 52.2 Å². The molecule has 2 atom stereocenters.